The summed E-state index contributed by atoms with van der Waals surface area (Å²) in [6, 6.07) is 5.40. The lowest BCUT2D eigenvalue weighted by Gasteiger charge is -2.15. The van der Waals surface area contributed by atoms with E-state index < -0.39 is 6.61 Å². The van der Waals surface area contributed by atoms with Gasteiger partial charge in [0.15, 0.2) is 0 Å². The van der Waals surface area contributed by atoms with Crippen LogP contribution in [0.1, 0.15) is 29.6 Å². The molecule has 1 N–H and O–H groups in total. The molecule has 2 amide bonds. The highest BCUT2D eigenvalue weighted by Crippen LogP contribution is 2.15. The van der Waals surface area contributed by atoms with Crippen LogP contribution in [-0.2, 0) is 4.79 Å². The summed E-state index contributed by atoms with van der Waals surface area (Å²) in [6.45, 7) is -1.06. The van der Waals surface area contributed by atoms with Gasteiger partial charge in [-0.1, -0.05) is 0 Å². The Bertz CT molecular complexity index is 514. The minimum absolute atomic E-state index is 0.00392. The quantitative estimate of drug-likeness (QED) is 0.874. The lowest BCUT2D eigenvalue weighted by atomic mass is 10.2. The number of rotatable bonds is 6. The van der Waals surface area contributed by atoms with Crippen molar-refractivity contribution in [3.05, 3.63) is 29.8 Å². The molecule has 1 aromatic carbocycles. The Morgan fingerprint density at radius 1 is 1.18 bits per heavy atom. The maximum atomic E-state index is 12.0. The standard InChI is InChI=1S/C15H18F2N2O3/c16-15(17)22-12-5-3-11(4-6-12)14(21)18-8-7-13(20)19-9-1-2-10-19/h3-6,15H,1-2,7-10H2,(H,18,21). The monoisotopic (exact) mass is 312 g/mol. The maximum Gasteiger partial charge on any atom is 0.387 e. The predicted octanol–water partition coefficient (Wildman–Crippen LogP) is 2.03. The van der Waals surface area contributed by atoms with Gasteiger partial charge in [0, 0.05) is 31.6 Å². The predicted molar refractivity (Wildman–Crippen MR) is 75.8 cm³/mol. The van der Waals surface area contributed by atoms with Gasteiger partial charge in [0.05, 0.1) is 0 Å². The van der Waals surface area contributed by atoms with E-state index in [1.807, 2.05) is 0 Å². The molecule has 1 aromatic rings. The van der Waals surface area contributed by atoms with Crippen molar-refractivity contribution in [2.45, 2.75) is 25.9 Å². The van der Waals surface area contributed by atoms with Crippen molar-refractivity contribution in [2.24, 2.45) is 0 Å². The van der Waals surface area contributed by atoms with E-state index in [1.165, 1.54) is 24.3 Å². The van der Waals surface area contributed by atoms with Crippen LogP contribution >= 0.6 is 0 Å². The fraction of sp³-hybridized carbons (Fsp3) is 0.467. The van der Waals surface area contributed by atoms with Crippen LogP contribution < -0.4 is 10.1 Å². The minimum Gasteiger partial charge on any atom is -0.435 e. The van der Waals surface area contributed by atoms with Crippen LogP contribution in [0.25, 0.3) is 0 Å². The molecular formula is C15H18F2N2O3. The number of hydrogen-bond acceptors (Lipinski definition) is 3. The maximum absolute atomic E-state index is 12.0. The Kier molecular flexibility index (Phi) is 5.68. The van der Waals surface area contributed by atoms with Crippen LogP contribution in [-0.4, -0.2) is 43.0 Å². The molecule has 1 saturated heterocycles. The Labute approximate surface area is 127 Å². The van der Waals surface area contributed by atoms with E-state index in [4.69, 9.17) is 0 Å². The van der Waals surface area contributed by atoms with Crippen LogP contribution in [0.3, 0.4) is 0 Å². The molecule has 0 unspecified atom stereocenters. The third-order valence-electron chi connectivity index (χ3n) is 3.42. The highest BCUT2D eigenvalue weighted by Gasteiger charge is 2.17. The van der Waals surface area contributed by atoms with Crippen molar-refractivity contribution >= 4 is 11.8 Å². The first-order chi connectivity index (χ1) is 10.6. The smallest absolute Gasteiger partial charge is 0.387 e. The normalized spacial score (nSPS) is 14.2. The van der Waals surface area contributed by atoms with Crippen molar-refractivity contribution in [3.63, 3.8) is 0 Å². The van der Waals surface area contributed by atoms with Crippen molar-refractivity contribution < 1.29 is 23.1 Å². The summed E-state index contributed by atoms with van der Waals surface area (Å²) in [5.74, 6) is -0.313. The van der Waals surface area contributed by atoms with Gasteiger partial charge in [-0.15, -0.1) is 0 Å². The van der Waals surface area contributed by atoms with Crippen LogP contribution in [0.2, 0.25) is 0 Å². The molecule has 1 aliphatic heterocycles. The Hall–Kier alpha value is -2.18. The number of halogens is 2. The summed E-state index contributed by atoms with van der Waals surface area (Å²) in [4.78, 5) is 25.4. The first-order valence-corrected chi connectivity index (χ1v) is 7.17. The SMILES string of the molecule is O=C(NCCC(=O)N1CCCC1)c1ccc(OC(F)F)cc1. The number of alkyl halides is 2. The average Bonchev–Trinajstić information content (AvgIpc) is 3.01. The molecule has 120 valence electrons. The van der Waals surface area contributed by atoms with E-state index in [9.17, 15) is 18.4 Å². The lowest BCUT2D eigenvalue weighted by molar-refractivity contribution is -0.129. The molecule has 0 radical (unpaired) electrons. The zero-order valence-electron chi connectivity index (χ0n) is 12.1. The molecule has 22 heavy (non-hydrogen) atoms. The molecule has 2 rings (SSSR count). The molecule has 0 atom stereocenters. The van der Waals surface area contributed by atoms with Crippen molar-refractivity contribution in [1.82, 2.24) is 10.2 Å². The van der Waals surface area contributed by atoms with Crippen LogP contribution in [0, 0.1) is 0 Å². The summed E-state index contributed by atoms with van der Waals surface area (Å²) in [6.07, 6.45) is 2.33. The Balaban J connectivity index is 1.75. The minimum atomic E-state index is -2.89. The highest BCUT2D eigenvalue weighted by atomic mass is 19.3. The van der Waals surface area contributed by atoms with E-state index in [0.29, 0.717) is 5.56 Å². The summed E-state index contributed by atoms with van der Waals surface area (Å²) in [7, 11) is 0. The first kappa shape index (κ1) is 16.2. The van der Waals surface area contributed by atoms with Gasteiger partial charge in [0.25, 0.3) is 5.91 Å². The summed E-state index contributed by atoms with van der Waals surface area (Å²) < 4.78 is 28.2. The first-order valence-electron chi connectivity index (χ1n) is 7.17. The number of nitrogens with zero attached hydrogens (tertiary/aromatic N) is 1. The molecule has 1 heterocycles. The highest BCUT2D eigenvalue weighted by molar-refractivity contribution is 5.94. The number of hydrogen-bond donors (Lipinski definition) is 1. The topological polar surface area (TPSA) is 58.6 Å². The number of amides is 2. The van der Waals surface area contributed by atoms with E-state index in [1.54, 1.807) is 4.90 Å². The van der Waals surface area contributed by atoms with Gasteiger partial charge >= 0.3 is 6.61 Å². The second kappa shape index (κ2) is 7.72. The van der Waals surface area contributed by atoms with E-state index in [0.717, 1.165) is 25.9 Å². The third kappa shape index (κ3) is 4.68. The van der Waals surface area contributed by atoms with Gasteiger partial charge < -0.3 is 15.0 Å². The molecule has 7 heteroatoms. The molecule has 0 aromatic heterocycles. The number of nitrogens with one attached hydrogen (secondary N) is 1. The Morgan fingerprint density at radius 2 is 1.82 bits per heavy atom. The molecule has 0 bridgehead atoms. The average molecular weight is 312 g/mol. The van der Waals surface area contributed by atoms with Gasteiger partial charge in [-0.05, 0) is 37.1 Å². The summed E-state index contributed by atoms with van der Waals surface area (Å²) in [5.41, 5.74) is 0.329. The molecule has 0 spiro atoms. The van der Waals surface area contributed by atoms with Crippen LogP contribution in [0.5, 0.6) is 5.75 Å². The number of carbonyl (C=O) groups is 2. The molecule has 1 aliphatic rings. The fourth-order valence-corrected chi connectivity index (χ4v) is 2.30. The van der Waals surface area contributed by atoms with Gasteiger partial charge in [-0.2, -0.15) is 8.78 Å². The van der Waals surface area contributed by atoms with Gasteiger partial charge in [-0.25, -0.2) is 0 Å². The second-order valence-corrected chi connectivity index (χ2v) is 5.00. The zero-order valence-corrected chi connectivity index (χ0v) is 12.1. The molecular weight excluding hydrogens is 294 g/mol. The zero-order chi connectivity index (χ0) is 15.9. The summed E-state index contributed by atoms with van der Waals surface area (Å²) in [5, 5.41) is 2.64. The van der Waals surface area contributed by atoms with Crippen molar-refractivity contribution in [1.29, 1.82) is 0 Å². The molecule has 1 fully saturated rings. The molecule has 0 aliphatic carbocycles. The third-order valence-corrected chi connectivity index (χ3v) is 3.42. The number of carbonyl (C=O) groups excluding carboxylic acids is 2. The fourth-order valence-electron chi connectivity index (χ4n) is 2.30. The van der Waals surface area contributed by atoms with Gasteiger partial charge in [-0.3, -0.25) is 9.59 Å². The summed E-state index contributed by atoms with van der Waals surface area (Å²) >= 11 is 0. The molecule has 5 nitrogen and oxygen atoms in total. The molecule has 0 saturated carbocycles. The van der Waals surface area contributed by atoms with Crippen LogP contribution in [0.15, 0.2) is 24.3 Å². The van der Waals surface area contributed by atoms with Gasteiger partial charge in [0.1, 0.15) is 5.75 Å². The van der Waals surface area contributed by atoms with E-state index in [-0.39, 0.29) is 30.5 Å². The van der Waals surface area contributed by atoms with E-state index in [2.05, 4.69) is 10.1 Å². The number of ether oxygens (including phenoxy) is 1. The van der Waals surface area contributed by atoms with Gasteiger partial charge in [0.2, 0.25) is 5.91 Å². The number of likely N-dealkylation sites (tertiary alicyclic amines) is 1. The lowest BCUT2D eigenvalue weighted by Crippen LogP contribution is -2.32. The second-order valence-electron chi connectivity index (χ2n) is 5.00. The van der Waals surface area contributed by atoms with E-state index >= 15 is 0 Å². The number of benzene rings is 1. The van der Waals surface area contributed by atoms with Crippen molar-refractivity contribution in [3.8, 4) is 5.75 Å². The Morgan fingerprint density at radius 3 is 2.41 bits per heavy atom. The van der Waals surface area contributed by atoms with Crippen molar-refractivity contribution in [2.75, 3.05) is 19.6 Å². The largest absolute Gasteiger partial charge is 0.435 e. The van der Waals surface area contributed by atoms with Crippen LogP contribution in [0.4, 0.5) is 8.78 Å².